The monoisotopic (exact) mass is 357 g/mol. The second-order valence-electron chi connectivity index (χ2n) is 8.27. The van der Waals surface area contributed by atoms with Crippen LogP contribution < -0.4 is 0 Å². The number of hydrogen-bond donors (Lipinski definition) is 0. The van der Waals surface area contributed by atoms with Crippen LogP contribution >= 0.6 is 0 Å². The fourth-order valence-corrected chi connectivity index (χ4v) is 3.57. The zero-order valence-electron chi connectivity index (χ0n) is 15.4. The van der Waals surface area contributed by atoms with Crippen LogP contribution in [-0.4, -0.2) is 51.0 Å². The average molecular weight is 357 g/mol. The molecule has 0 radical (unpaired) electrons. The summed E-state index contributed by atoms with van der Waals surface area (Å²) < 4.78 is 22.9. The van der Waals surface area contributed by atoms with Crippen molar-refractivity contribution in [3.63, 3.8) is 0 Å². The number of esters is 1. The number of cyclic esters (lactones) is 1. The highest BCUT2D eigenvalue weighted by molar-refractivity contribution is 6.74. The number of carbonyl (C=O) groups excluding carboxylic acids is 1. The van der Waals surface area contributed by atoms with Crippen molar-refractivity contribution >= 4 is 14.3 Å². The molecule has 0 aromatic carbocycles. The van der Waals surface area contributed by atoms with Gasteiger partial charge in [-0.2, -0.15) is 0 Å². The fraction of sp³-hybridized carbons (Fsp3) is 0.933. The lowest BCUT2D eigenvalue weighted by Crippen LogP contribution is -2.46. The Kier molecular flexibility index (Phi) is 5.05. The normalized spacial score (nSPS) is 30.5. The third-order valence-corrected chi connectivity index (χ3v) is 9.44. The first kappa shape index (κ1) is 19.2. The van der Waals surface area contributed by atoms with E-state index >= 15 is 0 Å². The Morgan fingerprint density at radius 1 is 1.38 bits per heavy atom. The van der Waals surface area contributed by atoms with Crippen LogP contribution in [0.4, 0.5) is 0 Å². The zero-order valence-corrected chi connectivity index (χ0v) is 16.4. The highest BCUT2D eigenvalue weighted by Gasteiger charge is 2.58. The molecule has 2 fully saturated rings. The van der Waals surface area contributed by atoms with Gasteiger partial charge in [-0.05, 0) is 37.5 Å². The van der Waals surface area contributed by atoms with E-state index in [-0.39, 0.29) is 11.6 Å². The Morgan fingerprint density at radius 2 is 2.00 bits per heavy atom. The molecule has 0 amide bonds. The van der Waals surface area contributed by atoms with Gasteiger partial charge in [0, 0.05) is 11.5 Å². The maximum Gasteiger partial charge on any atom is 0.338 e. The molecule has 136 valence electrons. The minimum Gasteiger partial charge on any atom is -0.457 e. The maximum atomic E-state index is 12.0. The van der Waals surface area contributed by atoms with Crippen LogP contribution in [0.25, 0.3) is 10.4 Å². The molecule has 2 heterocycles. The number of fused-ring (bicyclic) bond motifs is 1. The third-order valence-electron chi connectivity index (χ3n) is 4.94. The molecule has 0 saturated carbocycles. The zero-order chi connectivity index (χ0) is 18.3. The number of hydrogen-bond acceptors (Lipinski definition) is 6. The summed E-state index contributed by atoms with van der Waals surface area (Å²) in [5.41, 5.74) is 8.90. The largest absolute Gasteiger partial charge is 0.457 e. The molecule has 4 atom stereocenters. The lowest BCUT2D eigenvalue weighted by Gasteiger charge is -2.37. The van der Waals surface area contributed by atoms with E-state index < -0.39 is 44.4 Å². The Labute approximate surface area is 143 Å². The SMILES string of the molecule is CC1(C)O[C@H]2[C@@H]([C@H](CO[Si](C)(C)C(C)(C)C)N=[N+]=[N-])OC(=O)[C@H]2O1. The maximum absolute atomic E-state index is 12.0. The molecule has 2 rings (SSSR count). The molecule has 2 aliphatic rings. The first-order valence-electron chi connectivity index (χ1n) is 8.12. The summed E-state index contributed by atoms with van der Waals surface area (Å²) >= 11 is 0. The minimum atomic E-state index is -2.02. The van der Waals surface area contributed by atoms with Gasteiger partial charge in [0.1, 0.15) is 12.2 Å². The third kappa shape index (κ3) is 3.75. The Hall–Kier alpha value is -1.12. The number of carbonyl (C=O) groups is 1. The van der Waals surface area contributed by atoms with E-state index in [9.17, 15) is 4.79 Å². The lowest BCUT2D eigenvalue weighted by atomic mass is 10.1. The van der Waals surface area contributed by atoms with E-state index in [0.717, 1.165) is 0 Å². The first-order valence-corrected chi connectivity index (χ1v) is 11.0. The van der Waals surface area contributed by atoms with Crippen LogP contribution in [0.5, 0.6) is 0 Å². The number of rotatable bonds is 5. The van der Waals surface area contributed by atoms with Gasteiger partial charge in [-0.3, -0.25) is 0 Å². The van der Waals surface area contributed by atoms with Crippen LogP contribution in [0.2, 0.25) is 18.1 Å². The molecule has 2 aliphatic heterocycles. The molecule has 9 heteroatoms. The van der Waals surface area contributed by atoms with Gasteiger partial charge in [-0.1, -0.05) is 25.9 Å². The second kappa shape index (κ2) is 6.31. The Bertz CT molecular complexity index is 554. The summed E-state index contributed by atoms with van der Waals surface area (Å²) in [6, 6.07) is -0.652. The quantitative estimate of drug-likeness (QED) is 0.247. The van der Waals surface area contributed by atoms with Gasteiger partial charge in [-0.15, -0.1) is 0 Å². The summed E-state index contributed by atoms with van der Waals surface area (Å²) in [6.45, 7) is 14.3. The molecule has 8 nitrogen and oxygen atoms in total. The topological polar surface area (TPSA) is 103 Å². The molecular weight excluding hydrogens is 330 g/mol. The molecule has 0 spiro atoms. The van der Waals surface area contributed by atoms with Crippen molar-refractivity contribution in [2.24, 2.45) is 5.11 Å². The summed E-state index contributed by atoms with van der Waals surface area (Å²) in [7, 11) is -2.02. The Balaban J connectivity index is 2.14. The van der Waals surface area contributed by atoms with Gasteiger partial charge >= 0.3 is 5.97 Å². The van der Waals surface area contributed by atoms with E-state index in [1.807, 2.05) is 0 Å². The molecule has 0 N–H and O–H groups in total. The van der Waals surface area contributed by atoms with E-state index in [0.29, 0.717) is 0 Å². The second-order valence-corrected chi connectivity index (χ2v) is 13.1. The first-order chi connectivity index (χ1) is 10.9. The average Bonchev–Trinajstić information content (AvgIpc) is 2.88. The summed E-state index contributed by atoms with van der Waals surface area (Å²) in [5.74, 6) is -1.35. The van der Waals surface area contributed by atoms with Crippen LogP contribution in [0.1, 0.15) is 34.6 Å². The van der Waals surface area contributed by atoms with Gasteiger partial charge in [0.2, 0.25) is 0 Å². The van der Waals surface area contributed by atoms with E-state index in [4.69, 9.17) is 24.2 Å². The summed E-state index contributed by atoms with van der Waals surface area (Å²) in [5, 5.41) is 3.82. The number of azide groups is 1. The van der Waals surface area contributed by atoms with Crippen molar-refractivity contribution in [3.8, 4) is 0 Å². The van der Waals surface area contributed by atoms with Crippen molar-refractivity contribution in [1.82, 2.24) is 0 Å². The predicted molar refractivity (Wildman–Crippen MR) is 89.8 cm³/mol. The van der Waals surface area contributed by atoms with Crippen LogP contribution in [0.15, 0.2) is 5.11 Å². The van der Waals surface area contributed by atoms with Crippen molar-refractivity contribution in [2.75, 3.05) is 6.61 Å². The van der Waals surface area contributed by atoms with Gasteiger partial charge in [0.25, 0.3) is 0 Å². The smallest absolute Gasteiger partial charge is 0.338 e. The molecule has 0 aliphatic carbocycles. The van der Waals surface area contributed by atoms with E-state index in [1.54, 1.807) is 13.8 Å². The van der Waals surface area contributed by atoms with E-state index in [1.165, 1.54) is 0 Å². The van der Waals surface area contributed by atoms with Crippen LogP contribution in [0, 0.1) is 0 Å². The summed E-state index contributed by atoms with van der Waals surface area (Å²) in [4.78, 5) is 14.9. The van der Waals surface area contributed by atoms with Crippen molar-refractivity contribution in [1.29, 1.82) is 0 Å². The van der Waals surface area contributed by atoms with Gasteiger partial charge in [-0.25, -0.2) is 4.79 Å². The number of ether oxygens (including phenoxy) is 3. The molecular formula is C15H27N3O5Si. The number of nitrogens with zero attached hydrogens (tertiary/aromatic N) is 3. The fourth-order valence-electron chi connectivity index (χ4n) is 2.55. The molecule has 24 heavy (non-hydrogen) atoms. The van der Waals surface area contributed by atoms with Crippen LogP contribution in [-0.2, 0) is 23.4 Å². The van der Waals surface area contributed by atoms with Crippen molar-refractivity contribution in [3.05, 3.63) is 10.4 Å². The predicted octanol–water partition coefficient (Wildman–Crippen LogP) is 3.13. The lowest BCUT2D eigenvalue weighted by molar-refractivity contribution is -0.188. The van der Waals surface area contributed by atoms with Gasteiger partial charge in [0.15, 0.2) is 20.2 Å². The molecule has 2 saturated heterocycles. The molecule has 0 aromatic rings. The standard InChI is InChI=1S/C15H27N3O5Si/c1-14(2,3)24(6,7)20-8-9(17-18-16)10-11-12(13(19)21-10)23-15(4,5)22-11/h9-12H,8H2,1-7H3/t9-,10+,11-,12-/m0/s1. The molecule has 0 unspecified atom stereocenters. The van der Waals surface area contributed by atoms with Gasteiger partial charge in [0.05, 0.1) is 6.04 Å². The van der Waals surface area contributed by atoms with Crippen molar-refractivity contribution in [2.45, 2.75) is 82.9 Å². The molecule has 0 aromatic heterocycles. The Morgan fingerprint density at radius 3 is 2.54 bits per heavy atom. The highest BCUT2D eigenvalue weighted by atomic mass is 28.4. The molecule has 0 bridgehead atoms. The van der Waals surface area contributed by atoms with E-state index in [2.05, 4.69) is 43.9 Å². The van der Waals surface area contributed by atoms with Crippen molar-refractivity contribution < 1.29 is 23.4 Å². The highest BCUT2D eigenvalue weighted by Crippen LogP contribution is 2.39. The minimum absolute atomic E-state index is 0.0256. The van der Waals surface area contributed by atoms with Crippen LogP contribution in [0.3, 0.4) is 0 Å². The summed E-state index contributed by atoms with van der Waals surface area (Å²) in [6.07, 6.45) is -2.08. The van der Waals surface area contributed by atoms with Gasteiger partial charge < -0.3 is 18.6 Å².